The molecule has 3 N–H and O–H groups in total. The molecule has 116 valence electrons. The lowest BCUT2D eigenvalue weighted by Crippen LogP contribution is -2.15. The Morgan fingerprint density at radius 3 is 2.50 bits per heavy atom. The molecular formula is C18H22N2O2. The molecule has 0 aliphatic rings. The van der Waals surface area contributed by atoms with E-state index >= 15 is 0 Å². The highest BCUT2D eigenvalue weighted by Gasteiger charge is 2.04. The summed E-state index contributed by atoms with van der Waals surface area (Å²) in [5.74, 6) is 0.760. The molecule has 0 aliphatic carbocycles. The van der Waals surface area contributed by atoms with Crippen molar-refractivity contribution >= 4 is 11.6 Å². The molecule has 0 spiro atoms. The number of carbonyl (C=O) groups excluding carboxylic acids is 1. The largest absolute Gasteiger partial charge is 0.493 e. The van der Waals surface area contributed by atoms with Crippen molar-refractivity contribution < 1.29 is 9.53 Å². The van der Waals surface area contributed by atoms with E-state index in [0.29, 0.717) is 19.6 Å². The molecule has 0 aliphatic heterocycles. The summed E-state index contributed by atoms with van der Waals surface area (Å²) in [4.78, 5) is 11.9. The number of rotatable bonds is 6. The summed E-state index contributed by atoms with van der Waals surface area (Å²) in [6, 6.07) is 13.5. The highest BCUT2D eigenvalue weighted by molar-refractivity contribution is 5.90. The van der Waals surface area contributed by atoms with Gasteiger partial charge < -0.3 is 15.8 Å². The minimum Gasteiger partial charge on any atom is -0.493 e. The quantitative estimate of drug-likeness (QED) is 0.861. The van der Waals surface area contributed by atoms with Gasteiger partial charge in [-0.15, -0.1) is 0 Å². The summed E-state index contributed by atoms with van der Waals surface area (Å²) >= 11 is 0. The van der Waals surface area contributed by atoms with Crippen LogP contribution in [0.3, 0.4) is 0 Å². The van der Waals surface area contributed by atoms with Crippen molar-refractivity contribution in [2.24, 2.45) is 5.73 Å². The van der Waals surface area contributed by atoms with Crippen molar-refractivity contribution in [3.63, 3.8) is 0 Å². The number of benzene rings is 2. The minimum atomic E-state index is -0.0646. The molecule has 2 rings (SSSR count). The van der Waals surface area contributed by atoms with Gasteiger partial charge >= 0.3 is 0 Å². The second-order valence-electron chi connectivity index (χ2n) is 5.32. The summed E-state index contributed by atoms with van der Waals surface area (Å²) in [5, 5.41) is 2.84. The average molecular weight is 298 g/mol. The van der Waals surface area contributed by atoms with Gasteiger partial charge in [-0.25, -0.2) is 0 Å². The standard InChI is InChI=1S/C18H22N2O2/c1-13-3-8-17(14(2)11-13)22-10-9-18(21)20-16-6-4-15(12-19)5-7-16/h3-8,11H,9-10,12,19H2,1-2H3,(H,20,21). The van der Waals surface area contributed by atoms with Crippen LogP contribution in [0.25, 0.3) is 0 Å². The predicted molar refractivity (Wildman–Crippen MR) is 89.0 cm³/mol. The fourth-order valence-corrected chi connectivity index (χ4v) is 2.16. The highest BCUT2D eigenvalue weighted by atomic mass is 16.5. The fourth-order valence-electron chi connectivity index (χ4n) is 2.16. The Hall–Kier alpha value is -2.33. The van der Waals surface area contributed by atoms with Crippen molar-refractivity contribution in [3.05, 3.63) is 59.2 Å². The molecule has 0 unspecified atom stereocenters. The Morgan fingerprint density at radius 1 is 1.14 bits per heavy atom. The third-order valence-electron chi connectivity index (χ3n) is 3.39. The van der Waals surface area contributed by atoms with E-state index in [1.54, 1.807) is 0 Å². The van der Waals surface area contributed by atoms with Crippen LogP contribution in [0.4, 0.5) is 5.69 Å². The van der Waals surface area contributed by atoms with E-state index in [-0.39, 0.29) is 5.91 Å². The molecule has 4 heteroatoms. The van der Waals surface area contributed by atoms with Crippen molar-refractivity contribution in [2.45, 2.75) is 26.8 Å². The van der Waals surface area contributed by atoms with Crippen molar-refractivity contribution in [1.29, 1.82) is 0 Å². The van der Waals surface area contributed by atoms with Crippen LogP contribution in [0.5, 0.6) is 5.75 Å². The third-order valence-corrected chi connectivity index (χ3v) is 3.39. The molecule has 4 nitrogen and oxygen atoms in total. The highest BCUT2D eigenvalue weighted by Crippen LogP contribution is 2.18. The van der Waals surface area contributed by atoms with Crippen LogP contribution in [-0.4, -0.2) is 12.5 Å². The molecule has 0 radical (unpaired) electrons. The number of anilines is 1. The van der Waals surface area contributed by atoms with Gasteiger partial charge in [-0.05, 0) is 43.2 Å². The molecule has 1 amide bonds. The van der Waals surface area contributed by atoms with Gasteiger partial charge in [0.05, 0.1) is 13.0 Å². The van der Waals surface area contributed by atoms with Gasteiger partial charge in [-0.1, -0.05) is 29.8 Å². The van der Waals surface area contributed by atoms with Gasteiger partial charge in [-0.2, -0.15) is 0 Å². The van der Waals surface area contributed by atoms with Gasteiger partial charge in [0, 0.05) is 12.2 Å². The van der Waals surface area contributed by atoms with E-state index in [1.165, 1.54) is 5.56 Å². The zero-order valence-corrected chi connectivity index (χ0v) is 13.1. The number of hydrogen-bond acceptors (Lipinski definition) is 3. The van der Waals surface area contributed by atoms with Crippen LogP contribution in [0.1, 0.15) is 23.1 Å². The van der Waals surface area contributed by atoms with E-state index < -0.39 is 0 Å². The molecule has 0 saturated carbocycles. The average Bonchev–Trinajstić information content (AvgIpc) is 2.50. The Bertz CT molecular complexity index is 636. The zero-order valence-electron chi connectivity index (χ0n) is 13.1. The number of aryl methyl sites for hydroxylation is 2. The van der Waals surface area contributed by atoms with Crippen molar-refractivity contribution in [1.82, 2.24) is 0 Å². The summed E-state index contributed by atoms with van der Waals surface area (Å²) in [6.45, 7) is 4.90. The van der Waals surface area contributed by atoms with E-state index in [1.807, 2.05) is 50.2 Å². The Labute approximate surface area is 131 Å². The maximum Gasteiger partial charge on any atom is 0.227 e. The lowest BCUT2D eigenvalue weighted by Gasteiger charge is -2.10. The van der Waals surface area contributed by atoms with Crippen LogP contribution in [0, 0.1) is 13.8 Å². The number of amides is 1. The van der Waals surface area contributed by atoms with Crippen LogP contribution in [0.15, 0.2) is 42.5 Å². The first-order chi connectivity index (χ1) is 10.6. The van der Waals surface area contributed by atoms with Crippen LogP contribution in [-0.2, 0) is 11.3 Å². The maximum absolute atomic E-state index is 11.9. The van der Waals surface area contributed by atoms with Crippen LogP contribution in [0.2, 0.25) is 0 Å². The van der Waals surface area contributed by atoms with Gasteiger partial charge in [-0.3, -0.25) is 4.79 Å². The van der Waals surface area contributed by atoms with Crippen LogP contribution >= 0.6 is 0 Å². The Balaban J connectivity index is 1.79. The Morgan fingerprint density at radius 2 is 1.86 bits per heavy atom. The molecule has 0 heterocycles. The van der Waals surface area contributed by atoms with Gasteiger partial charge in [0.25, 0.3) is 0 Å². The minimum absolute atomic E-state index is 0.0646. The number of nitrogens with one attached hydrogen (secondary N) is 1. The smallest absolute Gasteiger partial charge is 0.227 e. The molecule has 0 bridgehead atoms. The topological polar surface area (TPSA) is 64.3 Å². The van der Waals surface area contributed by atoms with E-state index in [9.17, 15) is 4.79 Å². The molecule has 2 aromatic rings. The van der Waals surface area contributed by atoms with Crippen molar-refractivity contribution in [3.8, 4) is 5.75 Å². The molecule has 0 fully saturated rings. The number of nitrogens with two attached hydrogens (primary N) is 1. The lowest BCUT2D eigenvalue weighted by molar-refractivity contribution is -0.116. The second-order valence-corrected chi connectivity index (χ2v) is 5.32. The Kier molecular flexibility index (Phi) is 5.55. The fraction of sp³-hybridized carbons (Fsp3) is 0.278. The number of carbonyl (C=O) groups is 1. The van der Waals surface area contributed by atoms with E-state index in [0.717, 1.165) is 22.6 Å². The monoisotopic (exact) mass is 298 g/mol. The SMILES string of the molecule is Cc1ccc(OCCC(=O)Nc2ccc(CN)cc2)c(C)c1. The number of ether oxygens (including phenoxy) is 1. The summed E-state index contributed by atoms with van der Waals surface area (Å²) in [6.07, 6.45) is 0.311. The first-order valence-corrected chi connectivity index (χ1v) is 7.37. The third kappa shape index (κ3) is 4.60. The maximum atomic E-state index is 11.9. The molecule has 2 aromatic carbocycles. The molecule has 0 atom stereocenters. The molecule has 0 aromatic heterocycles. The summed E-state index contributed by atoms with van der Waals surface area (Å²) in [7, 11) is 0. The van der Waals surface area contributed by atoms with Gasteiger partial charge in [0.15, 0.2) is 0 Å². The molecule has 22 heavy (non-hydrogen) atoms. The van der Waals surface area contributed by atoms with E-state index in [2.05, 4.69) is 11.4 Å². The zero-order chi connectivity index (χ0) is 15.9. The molecular weight excluding hydrogens is 276 g/mol. The summed E-state index contributed by atoms with van der Waals surface area (Å²) in [5.41, 5.74) is 9.63. The second kappa shape index (κ2) is 7.61. The summed E-state index contributed by atoms with van der Waals surface area (Å²) < 4.78 is 5.66. The first kappa shape index (κ1) is 16.0. The van der Waals surface area contributed by atoms with Gasteiger partial charge in [0.2, 0.25) is 5.91 Å². The number of hydrogen-bond donors (Lipinski definition) is 2. The predicted octanol–water partition coefficient (Wildman–Crippen LogP) is 3.17. The molecule has 0 saturated heterocycles. The van der Waals surface area contributed by atoms with Crippen LogP contribution < -0.4 is 15.8 Å². The normalized spacial score (nSPS) is 10.3. The van der Waals surface area contributed by atoms with E-state index in [4.69, 9.17) is 10.5 Å². The van der Waals surface area contributed by atoms with Gasteiger partial charge in [0.1, 0.15) is 5.75 Å². The first-order valence-electron chi connectivity index (χ1n) is 7.37. The van der Waals surface area contributed by atoms with Crippen molar-refractivity contribution in [2.75, 3.05) is 11.9 Å². The lowest BCUT2D eigenvalue weighted by atomic mass is 10.1.